The highest BCUT2D eigenvalue weighted by molar-refractivity contribution is 5.67. The molecular weight excluding hydrogens is 254 g/mol. The fourth-order valence-corrected chi connectivity index (χ4v) is 2.16. The number of rotatable bonds is 7. The Balaban J connectivity index is 2.45. The molecule has 2 N–H and O–H groups in total. The van der Waals surface area contributed by atoms with E-state index in [1.165, 1.54) is 0 Å². The zero-order chi connectivity index (χ0) is 14.5. The molecule has 2 aromatic rings. The molecule has 0 aromatic carbocycles. The number of nitrogens with one attached hydrogen (secondary N) is 1. The Morgan fingerprint density at radius 1 is 1.45 bits per heavy atom. The molecule has 110 valence electrons. The lowest BCUT2D eigenvalue weighted by molar-refractivity contribution is 0.298. The summed E-state index contributed by atoms with van der Waals surface area (Å²) < 4.78 is 1.97. The summed E-state index contributed by atoms with van der Waals surface area (Å²) in [5.74, 6) is 1.64. The van der Waals surface area contributed by atoms with Crippen molar-refractivity contribution in [3.63, 3.8) is 0 Å². The van der Waals surface area contributed by atoms with Crippen LogP contribution in [0.4, 0.5) is 11.6 Å². The van der Waals surface area contributed by atoms with Gasteiger partial charge in [-0.05, 0) is 20.3 Å². The Morgan fingerprint density at radius 2 is 2.25 bits per heavy atom. The van der Waals surface area contributed by atoms with Crippen molar-refractivity contribution in [1.82, 2.24) is 14.4 Å². The first-order chi connectivity index (χ1) is 9.67. The standard InChI is InChI=1S/C14H23N5O/c1-4-5-15-12-10-18-7-6-16-13(18)14(17-12)19(8-9-20)11(2)3/h6-7,10-11,15,20H,4-5,8-9H2,1-3H3. The molecule has 2 heterocycles. The molecule has 2 aromatic heterocycles. The molecule has 0 amide bonds. The molecule has 0 unspecified atom stereocenters. The zero-order valence-electron chi connectivity index (χ0n) is 12.4. The summed E-state index contributed by atoms with van der Waals surface area (Å²) in [5, 5.41) is 12.6. The smallest absolute Gasteiger partial charge is 0.180 e. The third kappa shape index (κ3) is 3.01. The van der Waals surface area contributed by atoms with Crippen LogP contribution in [0.3, 0.4) is 0 Å². The first-order valence-electron chi connectivity index (χ1n) is 7.12. The van der Waals surface area contributed by atoms with Crippen LogP contribution in [0.5, 0.6) is 0 Å². The lowest BCUT2D eigenvalue weighted by atomic mass is 10.3. The number of imidazole rings is 1. The zero-order valence-corrected chi connectivity index (χ0v) is 12.4. The van der Waals surface area contributed by atoms with E-state index in [0.29, 0.717) is 6.54 Å². The largest absolute Gasteiger partial charge is 0.395 e. The monoisotopic (exact) mass is 277 g/mol. The second kappa shape index (κ2) is 6.56. The van der Waals surface area contributed by atoms with Gasteiger partial charge in [0.05, 0.1) is 12.8 Å². The Morgan fingerprint density at radius 3 is 2.90 bits per heavy atom. The van der Waals surface area contributed by atoms with Gasteiger partial charge in [-0.1, -0.05) is 6.92 Å². The minimum absolute atomic E-state index is 0.0966. The quantitative estimate of drug-likeness (QED) is 0.807. The summed E-state index contributed by atoms with van der Waals surface area (Å²) in [6.07, 6.45) is 6.67. The van der Waals surface area contributed by atoms with Crippen molar-refractivity contribution >= 4 is 17.3 Å². The van der Waals surface area contributed by atoms with Crippen LogP contribution in [0, 0.1) is 0 Å². The van der Waals surface area contributed by atoms with Crippen LogP contribution in [0.25, 0.3) is 5.65 Å². The van der Waals surface area contributed by atoms with E-state index in [4.69, 9.17) is 0 Å². The lowest BCUT2D eigenvalue weighted by Gasteiger charge is -2.27. The van der Waals surface area contributed by atoms with Gasteiger partial charge in [0.15, 0.2) is 11.5 Å². The summed E-state index contributed by atoms with van der Waals surface area (Å²) >= 11 is 0. The third-order valence-corrected chi connectivity index (χ3v) is 3.15. The SMILES string of the molecule is CCCNc1cn2ccnc2c(N(CCO)C(C)C)n1. The van der Waals surface area contributed by atoms with Crippen molar-refractivity contribution in [2.45, 2.75) is 33.2 Å². The normalized spacial score (nSPS) is 11.2. The molecule has 0 aliphatic carbocycles. The van der Waals surface area contributed by atoms with Crippen molar-refractivity contribution in [3.8, 4) is 0 Å². The molecule has 0 fully saturated rings. The molecule has 0 radical (unpaired) electrons. The molecule has 0 saturated carbocycles. The second-order valence-electron chi connectivity index (χ2n) is 5.05. The maximum absolute atomic E-state index is 9.27. The highest BCUT2D eigenvalue weighted by Gasteiger charge is 2.17. The lowest BCUT2D eigenvalue weighted by Crippen LogP contribution is -2.34. The van der Waals surface area contributed by atoms with E-state index in [0.717, 1.165) is 30.2 Å². The highest BCUT2D eigenvalue weighted by atomic mass is 16.3. The van der Waals surface area contributed by atoms with Gasteiger partial charge in [0, 0.05) is 31.5 Å². The fourth-order valence-electron chi connectivity index (χ4n) is 2.16. The van der Waals surface area contributed by atoms with Crippen molar-refractivity contribution in [2.75, 3.05) is 29.9 Å². The maximum atomic E-state index is 9.27. The van der Waals surface area contributed by atoms with Crippen LogP contribution < -0.4 is 10.2 Å². The molecule has 0 aliphatic rings. The van der Waals surface area contributed by atoms with E-state index >= 15 is 0 Å². The van der Waals surface area contributed by atoms with Gasteiger partial charge in [0.2, 0.25) is 0 Å². The predicted octanol–water partition coefficient (Wildman–Crippen LogP) is 1.76. The van der Waals surface area contributed by atoms with Gasteiger partial charge in [0.1, 0.15) is 5.82 Å². The molecule has 20 heavy (non-hydrogen) atoms. The van der Waals surface area contributed by atoms with E-state index in [1.807, 2.05) is 16.8 Å². The number of nitrogens with zero attached hydrogens (tertiary/aromatic N) is 4. The topological polar surface area (TPSA) is 65.7 Å². The summed E-state index contributed by atoms with van der Waals surface area (Å²) in [4.78, 5) is 11.1. The Bertz CT molecular complexity index is 551. The van der Waals surface area contributed by atoms with Gasteiger partial charge in [-0.2, -0.15) is 0 Å². The van der Waals surface area contributed by atoms with E-state index < -0.39 is 0 Å². The predicted molar refractivity (Wildman–Crippen MR) is 81.3 cm³/mol. The molecule has 0 aliphatic heterocycles. The number of aliphatic hydroxyl groups is 1. The van der Waals surface area contributed by atoms with Gasteiger partial charge in [-0.3, -0.25) is 0 Å². The number of aliphatic hydroxyl groups excluding tert-OH is 1. The van der Waals surface area contributed by atoms with Crippen LogP contribution in [-0.4, -0.2) is 45.2 Å². The Hall–Kier alpha value is -1.82. The first kappa shape index (κ1) is 14.6. The molecule has 0 spiro atoms. The van der Waals surface area contributed by atoms with E-state index in [-0.39, 0.29) is 12.6 Å². The van der Waals surface area contributed by atoms with Gasteiger partial charge >= 0.3 is 0 Å². The Labute approximate surface area is 119 Å². The number of hydrogen-bond acceptors (Lipinski definition) is 5. The molecule has 0 saturated heterocycles. The maximum Gasteiger partial charge on any atom is 0.180 e. The number of hydrogen-bond donors (Lipinski definition) is 2. The van der Waals surface area contributed by atoms with Crippen molar-refractivity contribution < 1.29 is 5.11 Å². The summed E-state index contributed by atoms with van der Waals surface area (Å²) in [6, 6.07) is 0.247. The minimum atomic E-state index is 0.0966. The third-order valence-electron chi connectivity index (χ3n) is 3.15. The first-order valence-corrected chi connectivity index (χ1v) is 7.12. The van der Waals surface area contributed by atoms with Crippen LogP contribution >= 0.6 is 0 Å². The number of aromatic nitrogens is 3. The molecule has 6 nitrogen and oxygen atoms in total. The summed E-state index contributed by atoms with van der Waals surface area (Å²) in [6.45, 7) is 7.82. The van der Waals surface area contributed by atoms with Crippen LogP contribution in [-0.2, 0) is 0 Å². The van der Waals surface area contributed by atoms with Crippen molar-refractivity contribution in [1.29, 1.82) is 0 Å². The second-order valence-corrected chi connectivity index (χ2v) is 5.05. The molecular formula is C14H23N5O. The van der Waals surface area contributed by atoms with Crippen molar-refractivity contribution in [3.05, 3.63) is 18.6 Å². The Kier molecular flexibility index (Phi) is 4.79. The number of anilines is 2. The highest BCUT2D eigenvalue weighted by Crippen LogP contribution is 2.22. The molecule has 2 rings (SSSR count). The molecule has 0 atom stereocenters. The number of fused-ring (bicyclic) bond motifs is 1. The van der Waals surface area contributed by atoms with E-state index in [1.54, 1.807) is 6.20 Å². The van der Waals surface area contributed by atoms with Crippen LogP contribution in [0.15, 0.2) is 18.6 Å². The van der Waals surface area contributed by atoms with Gasteiger partial charge in [-0.15, -0.1) is 0 Å². The fraction of sp³-hybridized carbons (Fsp3) is 0.571. The van der Waals surface area contributed by atoms with Gasteiger partial charge in [-0.25, -0.2) is 9.97 Å². The average Bonchev–Trinajstić information content (AvgIpc) is 2.89. The van der Waals surface area contributed by atoms with E-state index in [9.17, 15) is 5.11 Å². The summed E-state index contributed by atoms with van der Waals surface area (Å²) in [5.41, 5.74) is 0.814. The molecule has 0 bridgehead atoms. The minimum Gasteiger partial charge on any atom is -0.395 e. The molecule has 6 heteroatoms. The van der Waals surface area contributed by atoms with Gasteiger partial charge < -0.3 is 19.7 Å². The van der Waals surface area contributed by atoms with E-state index in [2.05, 4.69) is 41.0 Å². The van der Waals surface area contributed by atoms with Crippen LogP contribution in [0.2, 0.25) is 0 Å². The summed E-state index contributed by atoms with van der Waals surface area (Å²) in [7, 11) is 0. The average molecular weight is 277 g/mol. The van der Waals surface area contributed by atoms with Gasteiger partial charge in [0.25, 0.3) is 0 Å². The van der Waals surface area contributed by atoms with Crippen molar-refractivity contribution in [2.24, 2.45) is 0 Å². The van der Waals surface area contributed by atoms with Crippen LogP contribution in [0.1, 0.15) is 27.2 Å².